The van der Waals surface area contributed by atoms with Crippen LogP contribution in [0.2, 0.25) is 0 Å². The van der Waals surface area contributed by atoms with Gasteiger partial charge in [0.05, 0.1) is 24.6 Å². The number of aromatic nitrogens is 5. The summed E-state index contributed by atoms with van der Waals surface area (Å²) in [6.07, 6.45) is 2.85. The van der Waals surface area contributed by atoms with Crippen molar-refractivity contribution in [3.8, 4) is 17.4 Å². The van der Waals surface area contributed by atoms with Gasteiger partial charge in [0.15, 0.2) is 11.6 Å². The number of hydrogen-bond acceptors (Lipinski definition) is 8. The molecule has 0 bridgehead atoms. The molecule has 1 atom stereocenters. The van der Waals surface area contributed by atoms with Gasteiger partial charge in [-0.1, -0.05) is 6.07 Å². The van der Waals surface area contributed by atoms with Gasteiger partial charge >= 0.3 is 0 Å². The van der Waals surface area contributed by atoms with Gasteiger partial charge in [0.2, 0.25) is 11.7 Å². The summed E-state index contributed by atoms with van der Waals surface area (Å²) >= 11 is 0. The Kier molecular flexibility index (Phi) is 6.66. The number of halogens is 2. The Labute approximate surface area is 194 Å². The lowest BCUT2D eigenvalue weighted by Gasteiger charge is -2.22. The van der Waals surface area contributed by atoms with Crippen molar-refractivity contribution in [2.45, 2.75) is 32.2 Å². The molecule has 0 aliphatic carbocycles. The number of pyridine rings is 2. The highest BCUT2D eigenvalue weighted by Gasteiger charge is 2.26. The Morgan fingerprint density at radius 2 is 2.03 bits per heavy atom. The number of ether oxygens (including phenoxy) is 1. The van der Waals surface area contributed by atoms with E-state index in [-0.39, 0.29) is 18.8 Å². The molecule has 4 heterocycles. The largest absolute Gasteiger partial charge is 0.481 e. The third-order valence-electron chi connectivity index (χ3n) is 5.19. The topological polar surface area (TPSA) is 109 Å². The van der Waals surface area contributed by atoms with E-state index in [1.807, 2.05) is 6.07 Å². The number of nitrogens with zero attached hydrogens (tertiary/aromatic N) is 5. The monoisotopic (exact) mass is 469 g/mol. The van der Waals surface area contributed by atoms with Crippen LogP contribution in [-0.2, 0) is 6.54 Å². The molecule has 0 aliphatic rings. The summed E-state index contributed by atoms with van der Waals surface area (Å²) in [5, 5.41) is 20.4. The zero-order chi connectivity index (χ0) is 24.3. The molecule has 0 saturated heterocycles. The normalized spacial score (nSPS) is 12.6. The number of rotatable bonds is 9. The standard InChI is InChI=1S/C23H25F2N7O2/c1-23(2,33)18(25)13-27-11-14-8-10-32-20(14)22(29-16-7-9-26-12-15(16)24)30-21(31-32)17-5-4-6-19(28-17)34-3/h4-10,12,18,27,33H,11,13H2,1-3H3,(H,26,29,30,31)/t18-/m1/s1. The first-order chi connectivity index (χ1) is 16.3. The van der Waals surface area contributed by atoms with Crippen LogP contribution in [0.4, 0.5) is 20.3 Å². The van der Waals surface area contributed by atoms with E-state index >= 15 is 0 Å². The van der Waals surface area contributed by atoms with Crippen molar-refractivity contribution >= 4 is 17.0 Å². The van der Waals surface area contributed by atoms with Crippen LogP contribution < -0.4 is 15.4 Å². The molecular weight excluding hydrogens is 444 g/mol. The summed E-state index contributed by atoms with van der Waals surface area (Å²) in [5.74, 6) is 0.489. The number of hydrogen-bond donors (Lipinski definition) is 3. The predicted octanol–water partition coefficient (Wildman–Crippen LogP) is 3.28. The van der Waals surface area contributed by atoms with E-state index in [1.54, 1.807) is 28.9 Å². The molecule has 0 amide bonds. The lowest BCUT2D eigenvalue weighted by molar-refractivity contribution is -0.00238. The van der Waals surface area contributed by atoms with E-state index in [9.17, 15) is 13.9 Å². The molecule has 4 aromatic rings. The highest BCUT2D eigenvalue weighted by atomic mass is 19.1. The molecule has 11 heteroatoms. The minimum atomic E-state index is -1.46. The van der Waals surface area contributed by atoms with Gasteiger partial charge in [-0.2, -0.15) is 0 Å². The van der Waals surface area contributed by atoms with Crippen LogP contribution >= 0.6 is 0 Å². The van der Waals surface area contributed by atoms with Gasteiger partial charge in [-0.3, -0.25) is 4.98 Å². The summed E-state index contributed by atoms with van der Waals surface area (Å²) in [6, 6.07) is 8.52. The lowest BCUT2D eigenvalue weighted by Crippen LogP contribution is -2.40. The molecule has 9 nitrogen and oxygen atoms in total. The summed E-state index contributed by atoms with van der Waals surface area (Å²) in [5.41, 5.74) is 0.534. The first-order valence-electron chi connectivity index (χ1n) is 10.6. The summed E-state index contributed by atoms with van der Waals surface area (Å²) in [4.78, 5) is 12.8. The fourth-order valence-electron chi connectivity index (χ4n) is 3.27. The van der Waals surface area contributed by atoms with Gasteiger partial charge in [0.25, 0.3) is 0 Å². The maximum absolute atomic E-state index is 14.3. The number of aliphatic hydroxyl groups is 1. The first-order valence-corrected chi connectivity index (χ1v) is 10.6. The van der Waals surface area contributed by atoms with E-state index in [0.717, 1.165) is 11.8 Å². The molecule has 4 rings (SSSR count). The van der Waals surface area contributed by atoms with Crippen molar-refractivity contribution in [2.75, 3.05) is 19.0 Å². The van der Waals surface area contributed by atoms with Crippen LogP contribution in [0, 0.1) is 5.82 Å². The minimum Gasteiger partial charge on any atom is -0.481 e. The maximum atomic E-state index is 14.3. The second kappa shape index (κ2) is 9.65. The van der Waals surface area contributed by atoms with Crippen LogP contribution in [0.1, 0.15) is 19.4 Å². The number of fused-ring (bicyclic) bond motifs is 1. The molecule has 178 valence electrons. The zero-order valence-electron chi connectivity index (χ0n) is 19.0. The van der Waals surface area contributed by atoms with Gasteiger partial charge in [0, 0.05) is 31.5 Å². The molecule has 0 fully saturated rings. The number of methoxy groups -OCH3 is 1. The van der Waals surface area contributed by atoms with Crippen molar-refractivity contribution < 1.29 is 18.6 Å². The highest BCUT2D eigenvalue weighted by Crippen LogP contribution is 2.27. The van der Waals surface area contributed by atoms with E-state index in [0.29, 0.717) is 28.7 Å². The molecule has 4 aromatic heterocycles. The van der Waals surface area contributed by atoms with Crippen molar-refractivity contribution in [3.05, 3.63) is 60.3 Å². The molecule has 0 aliphatic heterocycles. The molecule has 0 spiro atoms. The SMILES string of the molecule is COc1cccc(-c2nc(Nc3ccncc3F)c3c(CNC[C@@H](F)C(C)(C)O)ccn3n2)n1. The Hall–Kier alpha value is -3.70. The number of nitrogens with one attached hydrogen (secondary N) is 2. The van der Waals surface area contributed by atoms with Crippen molar-refractivity contribution in [2.24, 2.45) is 0 Å². The third kappa shape index (κ3) is 5.10. The molecule has 3 N–H and O–H groups in total. The quantitative estimate of drug-likeness (QED) is 0.343. The van der Waals surface area contributed by atoms with Crippen molar-refractivity contribution in [1.29, 1.82) is 0 Å². The summed E-state index contributed by atoms with van der Waals surface area (Å²) in [7, 11) is 1.51. The predicted molar refractivity (Wildman–Crippen MR) is 123 cm³/mol. The molecule has 0 aromatic carbocycles. The fraction of sp³-hybridized carbons (Fsp3) is 0.304. The smallest absolute Gasteiger partial charge is 0.213 e. The van der Waals surface area contributed by atoms with Crippen molar-refractivity contribution in [3.63, 3.8) is 0 Å². The second-order valence-electron chi connectivity index (χ2n) is 8.22. The highest BCUT2D eigenvalue weighted by molar-refractivity contribution is 5.78. The second-order valence-corrected chi connectivity index (χ2v) is 8.22. The lowest BCUT2D eigenvalue weighted by atomic mass is 10.0. The zero-order valence-corrected chi connectivity index (χ0v) is 19.0. The Bertz CT molecular complexity index is 1290. The maximum Gasteiger partial charge on any atom is 0.213 e. The van der Waals surface area contributed by atoms with Gasteiger partial charge in [-0.15, -0.1) is 5.10 Å². The minimum absolute atomic E-state index is 0.0464. The van der Waals surface area contributed by atoms with Crippen molar-refractivity contribution in [1.82, 2.24) is 29.9 Å². The van der Waals surface area contributed by atoms with E-state index in [2.05, 4.69) is 30.7 Å². The van der Waals surface area contributed by atoms with Crippen LogP contribution in [0.25, 0.3) is 17.0 Å². The molecule has 0 unspecified atom stereocenters. The van der Waals surface area contributed by atoms with Crippen LogP contribution in [0.5, 0.6) is 5.88 Å². The Morgan fingerprint density at radius 1 is 1.21 bits per heavy atom. The van der Waals surface area contributed by atoms with Crippen LogP contribution in [-0.4, -0.2) is 55.1 Å². The van der Waals surface area contributed by atoms with E-state index in [1.165, 1.54) is 33.2 Å². The molecule has 0 saturated carbocycles. The molecule has 34 heavy (non-hydrogen) atoms. The van der Waals surface area contributed by atoms with E-state index in [4.69, 9.17) is 4.74 Å². The number of anilines is 2. The summed E-state index contributed by atoms with van der Waals surface area (Å²) < 4.78 is 35.3. The summed E-state index contributed by atoms with van der Waals surface area (Å²) in [6.45, 7) is 3.07. The first kappa shape index (κ1) is 23.5. The molecular formula is C23H25F2N7O2. The average Bonchev–Trinajstić information content (AvgIpc) is 3.23. The molecule has 0 radical (unpaired) electrons. The van der Waals surface area contributed by atoms with Gasteiger partial charge < -0.3 is 20.5 Å². The van der Waals surface area contributed by atoms with Gasteiger partial charge in [-0.25, -0.2) is 23.3 Å². The number of alkyl halides is 1. The third-order valence-corrected chi connectivity index (χ3v) is 5.19. The van der Waals surface area contributed by atoms with Gasteiger partial charge in [0.1, 0.15) is 17.4 Å². The average molecular weight is 469 g/mol. The van der Waals surface area contributed by atoms with Crippen LogP contribution in [0.3, 0.4) is 0 Å². The Balaban J connectivity index is 1.73. The Morgan fingerprint density at radius 3 is 2.76 bits per heavy atom. The fourth-order valence-corrected chi connectivity index (χ4v) is 3.27. The van der Waals surface area contributed by atoms with Gasteiger partial charge in [-0.05, 0) is 37.6 Å². The van der Waals surface area contributed by atoms with Crippen LogP contribution in [0.15, 0.2) is 48.9 Å². The van der Waals surface area contributed by atoms with E-state index < -0.39 is 17.6 Å².